The second-order valence-electron chi connectivity index (χ2n) is 6.11. The lowest BCUT2D eigenvalue weighted by Gasteiger charge is -2.07. The van der Waals surface area contributed by atoms with Crippen LogP contribution >= 0.6 is 11.3 Å². The van der Waals surface area contributed by atoms with Crippen LogP contribution in [0.3, 0.4) is 0 Å². The summed E-state index contributed by atoms with van der Waals surface area (Å²) in [5.41, 5.74) is 5.71. The molecule has 0 bridgehead atoms. The molecular weight excluding hydrogens is 356 g/mol. The number of benzene rings is 2. The van der Waals surface area contributed by atoms with Gasteiger partial charge in [0.2, 0.25) is 0 Å². The van der Waals surface area contributed by atoms with Crippen LogP contribution in [0.5, 0.6) is 11.5 Å². The average Bonchev–Trinajstić information content (AvgIpc) is 3.18. The van der Waals surface area contributed by atoms with Gasteiger partial charge in [0, 0.05) is 22.6 Å². The van der Waals surface area contributed by atoms with E-state index in [1.807, 2.05) is 17.5 Å². The summed E-state index contributed by atoms with van der Waals surface area (Å²) in [5, 5.41) is 12.3. The van der Waals surface area contributed by atoms with Crippen molar-refractivity contribution in [1.29, 1.82) is 5.26 Å². The summed E-state index contributed by atoms with van der Waals surface area (Å²) < 4.78 is 10.6. The molecule has 0 aliphatic heterocycles. The maximum absolute atomic E-state index is 9.65. The van der Waals surface area contributed by atoms with E-state index in [9.17, 15) is 5.26 Å². The summed E-state index contributed by atoms with van der Waals surface area (Å²) in [4.78, 5) is 4.67. The van der Waals surface area contributed by atoms with Gasteiger partial charge in [0.25, 0.3) is 0 Å². The van der Waals surface area contributed by atoms with E-state index in [4.69, 9.17) is 9.47 Å². The minimum absolute atomic E-state index is 0.499. The third-order valence-electron chi connectivity index (χ3n) is 4.40. The zero-order chi connectivity index (χ0) is 19.4. The van der Waals surface area contributed by atoms with Crippen molar-refractivity contribution in [1.82, 2.24) is 4.98 Å². The second-order valence-corrected chi connectivity index (χ2v) is 6.97. The number of methoxy groups -OCH3 is 2. The largest absolute Gasteiger partial charge is 0.497 e. The third kappa shape index (κ3) is 4.02. The lowest BCUT2D eigenvalue weighted by molar-refractivity contribution is 0.394. The topological polar surface area (TPSA) is 55.1 Å². The van der Waals surface area contributed by atoms with Gasteiger partial charge in [-0.25, -0.2) is 4.98 Å². The molecule has 1 heterocycles. The Morgan fingerprint density at radius 3 is 2.56 bits per heavy atom. The number of aromatic nitrogens is 1. The molecule has 5 heteroatoms. The average molecular weight is 376 g/mol. The molecule has 1 aromatic heterocycles. The Bertz CT molecular complexity index is 1040. The van der Waals surface area contributed by atoms with Crippen molar-refractivity contribution in [2.45, 2.75) is 13.8 Å². The fourth-order valence-corrected chi connectivity index (χ4v) is 3.46. The van der Waals surface area contributed by atoms with Crippen molar-refractivity contribution in [2.24, 2.45) is 0 Å². The standard InChI is InChI=1S/C22H20N2O2S/c1-14-5-6-16(9-15(14)2)20-13-27-22(24-20)18(12-23)10-17-7-8-19(25-3)11-21(17)26-4/h5-11,13H,1-4H3. The predicted octanol–water partition coefficient (Wildman–Crippen LogP) is 5.51. The van der Waals surface area contributed by atoms with E-state index in [-0.39, 0.29) is 0 Å². The fourth-order valence-electron chi connectivity index (χ4n) is 2.67. The third-order valence-corrected chi connectivity index (χ3v) is 5.27. The van der Waals surface area contributed by atoms with Gasteiger partial charge in [-0.1, -0.05) is 12.1 Å². The smallest absolute Gasteiger partial charge is 0.134 e. The molecule has 2 aromatic carbocycles. The molecule has 0 spiro atoms. The summed E-state index contributed by atoms with van der Waals surface area (Å²) in [7, 11) is 3.20. The summed E-state index contributed by atoms with van der Waals surface area (Å²) in [5.74, 6) is 1.35. The highest BCUT2D eigenvalue weighted by atomic mass is 32.1. The molecule has 3 aromatic rings. The van der Waals surface area contributed by atoms with E-state index in [1.165, 1.54) is 22.5 Å². The van der Waals surface area contributed by atoms with Gasteiger partial charge in [-0.05, 0) is 49.2 Å². The van der Waals surface area contributed by atoms with Crippen molar-refractivity contribution in [3.05, 3.63) is 63.5 Å². The number of nitriles is 1. The van der Waals surface area contributed by atoms with Crippen molar-refractivity contribution in [3.8, 4) is 28.8 Å². The van der Waals surface area contributed by atoms with Gasteiger partial charge < -0.3 is 9.47 Å². The Morgan fingerprint density at radius 2 is 1.89 bits per heavy atom. The number of nitrogens with zero attached hydrogens (tertiary/aromatic N) is 2. The van der Waals surface area contributed by atoms with E-state index in [1.54, 1.807) is 26.4 Å². The Labute approximate surface area is 163 Å². The van der Waals surface area contributed by atoms with Crippen LogP contribution in [0.2, 0.25) is 0 Å². The number of hydrogen-bond donors (Lipinski definition) is 0. The minimum atomic E-state index is 0.499. The monoisotopic (exact) mass is 376 g/mol. The molecule has 0 amide bonds. The Balaban J connectivity index is 1.97. The van der Waals surface area contributed by atoms with E-state index in [2.05, 4.69) is 43.1 Å². The molecule has 27 heavy (non-hydrogen) atoms. The van der Waals surface area contributed by atoms with E-state index in [0.29, 0.717) is 22.1 Å². The predicted molar refractivity (Wildman–Crippen MR) is 110 cm³/mol. The van der Waals surface area contributed by atoms with Crippen LogP contribution in [0.15, 0.2) is 41.8 Å². The summed E-state index contributed by atoms with van der Waals surface area (Å²) in [6.45, 7) is 4.17. The molecule has 0 fully saturated rings. The molecule has 0 atom stereocenters. The SMILES string of the molecule is COc1ccc(C=C(C#N)c2nc(-c3ccc(C)c(C)c3)cs2)c(OC)c1. The number of thiazole rings is 1. The number of aryl methyl sites for hydroxylation is 2. The molecule has 0 radical (unpaired) electrons. The molecule has 0 unspecified atom stereocenters. The first-order valence-corrected chi connectivity index (χ1v) is 9.31. The van der Waals surface area contributed by atoms with Crippen molar-refractivity contribution in [2.75, 3.05) is 14.2 Å². The van der Waals surface area contributed by atoms with Gasteiger partial charge in [-0.2, -0.15) is 5.26 Å². The zero-order valence-electron chi connectivity index (χ0n) is 15.7. The molecule has 0 aliphatic rings. The number of ether oxygens (including phenoxy) is 2. The second kappa shape index (κ2) is 8.07. The molecule has 0 aliphatic carbocycles. The summed E-state index contributed by atoms with van der Waals surface area (Å²) in [6.07, 6.45) is 1.79. The zero-order valence-corrected chi connectivity index (χ0v) is 16.6. The highest BCUT2D eigenvalue weighted by Gasteiger charge is 2.11. The Morgan fingerprint density at radius 1 is 1.07 bits per heavy atom. The molecule has 4 nitrogen and oxygen atoms in total. The first-order valence-electron chi connectivity index (χ1n) is 8.43. The van der Waals surface area contributed by atoms with Crippen LogP contribution < -0.4 is 9.47 Å². The highest BCUT2D eigenvalue weighted by molar-refractivity contribution is 7.11. The van der Waals surface area contributed by atoms with Crippen LogP contribution in [0, 0.1) is 25.2 Å². The quantitative estimate of drug-likeness (QED) is 0.551. The molecule has 136 valence electrons. The number of rotatable bonds is 5. The van der Waals surface area contributed by atoms with Crippen LogP contribution in [-0.4, -0.2) is 19.2 Å². The summed E-state index contributed by atoms with van der Waals surface area (Å²) >= 11 is 1.46. The normalized spacial score (nSPS) is 11.1. The minimum Gasteiger partial charge on any atom is -0.497 e. The number of hydrogen-bond acceptors (Lipinski definition) is 5. The van der Waals surface area contributed by atoms with Crippen LogP contribution in [0.4, 0.5) is 0 Å². The maximum atomic E-state index is 9.65. The fraction of sp³-hybridized carbons (Fsp3) is 0.182. The van der Waals surface area contributed by atoms with Gasteiger partial charge in [-0.3, -0.25) is 0 Å². The Kier molecular flexibility index (Phi) is 5.58. The first-order chi connectivity index (χ1) is 13.0. The van der Waals surface area contributed by atoms with Gasteiger partial charge in [0.15, 0.2) is 0 Å². The first kappa shape index (κ1) is 18.7. The highest BCUT2D eigenvalue weighted by Crippen LogP contribution is 2.31. The van der Waals surface area contributed by atoms with Gasteiger partial charge in [0.05, 0.1) is 25.5 Å². The summed E-state index contributed by atoms with van der Waals surface area (Å²) in [6, 6.07) is 14.0. The van der Waals surface area contributed by atoms with Gasteiger partial charge in [0.1, 0.15) is 22.6 Å². The van der Waals surface area contributed by atoms with Gasteiger partial charge >= 0.3 is 0 Å². The van der Waals surface area contributed by atoms with Crippen molar-refractivity contribution in [3.63, 3.8) is 0 Å². The van der Waals surface area contributed by atoms with E-state index in [0.717, 1.165) is 16.8 Å². The van der Waals surface area contributed by atoms with E-state index >= 15 is 0 Å². The molecule has 3 rings (SSSR count). The van der Waals surface area contributed by atoms with Crippen molar-refractivity contribution >= 4 is 23.0 Å². The molecule has 0 saturated carbocycles. The van der Waals surface area contributed by atoms with Crippen LogP contribution in [0.25, 0.3) is 22.9 Å². The Hall–Kier alpha value is -3.10. The lowest BCUT2D eigenvalue weighted by atomic mass is 10.1. The maximum Gasteiger partial charge on any atom is 0.134 e. The lowest BCUT2D eigenvalue weighted by Crippen LogP contribution is -1.90. The van der Waals surface area contributed by atoms with Crippen molar-refractivity contribution < 1.29 is 9.47 Å². The van der Waals surface area contributed by atoms with E-state index < -0.39 is 0 Å². The molecule has 0 saturated heterocycles. The molecule has 0 N–H and O–H groups in total. The number of allylic oxidation sites excluding steroid dienone is 1. The van der Waals surface area contributed by atoms with Crippen LogP contribution in [0.1, 0.15) is 21.7 Å². The van der Waals surface area contributed by atoms with Crippen LogP contribution in [-0.2, 0) is 0 Å². The molecular formula is C22H20N2O2S. The van der Waals surface area contributed by atoms with Gasteiger partial charge in [-0.15, -0.1) is 11.3 Å².